The number of hydrogen-bond donors (Lipinski definition) is 1. The Hall–Kier alpha value is -1.33. The van der Waals surface area contributed by atoms with E-state index in [0.29, 0.717) is 10.5 Å². The summed E-state index contributed by atoms with van der Waals surface area (Å²) < 4.78 is 1.98. The number of carbonyl (C=O) groups is 1. The number of nitrogens with zero attached hydrogens (tertiary/aromatic N) is 1. The summed E-state index contributed by atoms with van der Waals surface area (Å²) in [7, 11) is 0. The van der Waals surface area contributed by atoms with Crippen molar-refractivity contribution >= 4 is 39.1 Å². The molecule has 6 heteroatoms. The lowest BCUT2D eigenvalue weighted by Gasteiger charge is -2.08. The van der Waals surface area contributed by atoms with Gasteiger partial charge in [-0.15, -0.1) is 0 Å². The van der Waals surface area contributed by atoms with Crippen molar-refractivity contribution < 1.29 is 9.90 Å². The maximum absolute atomic E-state index is 11.7. The predicted octanol–water partition coefficient (Wildman–Crippen LogP) is 2.36. The molecular formula is C10H8ClNO3S. The van der Waals surface area contributed by atoms with Crippen molar-refractivity contribution in [3.05, 3.63) is 32.9 Å². The van der Waals surface area contributed by atoms with Gasteiger partial charge >= 0.3 is 10.8 Å². The van der Waals surface area contributed by atoms with Crippen molar-refractivity contribution in [1.82, 2.24) is 4.57 Å². The fraction of sp³-hybridized carbons (Fsp3) is 0.200. The Morgan fingerprint density at radius 3 is 2.88 bits per heavy atom. The largest absolute Gasteiger partial charge is 0.480 e. The van der Waals surface area contributed by atoms with Crippen molar-refractivity contribution in [3.8, 4) is 0 Å². The van der Waals surface area contributed by atoms with Crippen molar-refractivity contribution in [2.24, 2.45) is 0 Å². The average molecular weight is 258 g/mol. The van der Waals surface area contributed by atoms with Crippen molar-refractivity contribution in [2.75, 3.05) is 0 Å². The Bertz CT molecular complexity index is 616. The summed E-state index contributed by atoms with van der Waals surface area (Å²) >= 11 is 6.84. The van der Waals surface area contributed by atoms with Crippen LogP contribution in [0.15, 0.2) is 23.0 Å². The van der Waals surface area contributed by atoms with E-state index in [0.717, 1.165) is 16.0 Å². The molecule has 0 bridgehead atoms. The van der Waals surface area contributed by atoms with Crippen LogP contribution in [0.4, 0.5) is 0 Å². The Labute approximate surface area is 99.7 Å². The minimum atomic E-state index is -1.04. The van der Waals surface area contributed by atoms with Gasteiger partial charge in [-0.1, -0.05) is 22.9 Å². The molecule has 0 saturated heterocycles. The van der Waals surface area contributed by atoms with E-state index < -0.39 is 12.0 Å². The Morgan fingerprint density at radius 1 is 1.56 bits per heavy atom. The number of carboxylic acids is 1. The molecule has 1 aromatic heterocycles. The second-order valence-corrected chi connectivity index (χ2v) is 4.79. The third-order valence-electron chi connectivity index (χ3n) is 2.32. The molecule has 0 radical (unpaired) electrons. The van der Waals surface area contributed by atoms with Crippen LogP contribution < -0.4 is 4.87 Å². The van der Waals surface area contributed by atoms with Gasteiger partial charge in [-0.25, -0.2) is 4.79 Å². The number of benzene rings is 1. The van der Waals surface area contributed by atoms with Gasteiger partial charge in [-0.3, -0.25) is 9.36 Å². The molecule has 0 saturated carbocycles. The zero-order valence-corrected chi connectivity index (χ0v) is 9.88. The number of halogens is 1. The van der Waals surface area contributed by atoms with Gasteiger partial charge in [0.25, 0.3) is 0 Å². The van der Waals surface area contributed by atoms with E-state index in [9.17, 15) is 9.59 Å². The number of aliphatic carboxylic acids is 1. The van der Waals surface area contributed by atoms with Gasteiger partial charge in [-0.05, 0) is 25.1 Å². The summed E-state index contributed by atoms with van der Waals surface area (Å²) in [5, 5.41) is 9.40. The van der Waals surface area contributed by atoms with Gasteiger partial charge in [0.05, 0.1) is 10.2 Å². The lowest BCUT2D eigenvalue weighted by Crippen LogP contribution is -2.23. The monoisotopic (exact) mass is 257 g/mol. The van der Waals surface area contributed by atoms with Crippen molar-refractivity contribution in [1.29, 1.82) is 0 Å². The number of aromatic nitrogens is 1. The molecular weight excluding hydrogens is 250 g/mol. The van der Waals surface area contributed by atoms with E-state index >= 15 is 0 Å². The zero-order chi connectivity index (χ0) is 11.9. The summed E-state index contributed by atoms with van der Waals surface area (Å²) in [5.74, 6) is -1.04. The lowest BCUT2D eigenvalue weighted by atomic mass is 10.3. The highest BCUT2D eigenvalue weighted by molar-refractivity contribution is 7.16. The molecule has 0 fully saturated rings. The van der Waals surface area contributed by atoms with Crippen LogP contribution in [0.3, 0.4) is 0 Å². The average Bonchev–Trinajstić information content (AvgIpc) is 2.52. The SMILES string of the molecule is CC(C(=O)O)n1c(=O)sc2ccc(Cl)cc21. The molecule has 0 aliphatic rings. The van der Waals surface area contributed by atoms with E-state index in [1.807, 2.05) is 0 Å². The molecule has 0 spiro atoms. The standard InChI is InChI=1S/C10H8ClNO3S/c1-5(9(13)14)12-7-4-6(11)2-3-8(7)16-10(12)15/h2-5H,1H3,(H,13,14). The second kappa shape index (κ2) is 3.92. The summed E-state index contributed by atoms with van der Waals surface area (Å²) in [5.41, 5.74) is 0.567. The molecule has 1 N–H and O–H groups in total. The third kappa shape index (κ3) is 1.72. The van der Waals surface area contributed by atoms with Crippen LogP contribution in [0.2, 0.25) is 5.02 Å². The molecule has 1 atom stereocenters. The van der Waals surface area contributed by atoms with Crippen LogP contribution in [0.1, 0.15) is 13.0 Å². The summed E-state index contributed by atoms with van der Waals surface area (Å²) in [6.07, 6.45) is 0. The quantitative estimate of drug-likeness (QED) is 0.898. The number of carboxylic acid groups (broad SMARTS) is 1. The van der Waals surface area contributed by atoms with Gasteiger partial charge in [0.1, 0.15) is 6.04 Å². The van der Waals surface area contributed by atoms with Gasteiger partial charge < -0.3 is 5.11 Å². The van der Waals surface area contributed by atoms with Crippen LogP contribution in [0, 0.1) is 0 Å². The Kier molecular flexibility index (Phi) is 2.73. The zero-order valence-electron chi connectivity index (χ0n) is 8.31. The number of thiazole rings is 1. The first-order chi connectivity index (χ1) is 7.50. The Morgan fingerprint density at radius 2 is 2.25 bits per heavy atom. The summed E-state index contributed by atoms with van der Waals surface area (Å²) in [6.45, 7) is 1.47. The van der Waals surface area contributed by atoms with Gasteiger partial charge in [-0.2, -0.15) is 0 Å². The van der Waals surface area contributed by atoms with Gasteiger partial charge in [0.2, 0.25) is 0 Å². The summed E-state index contributed by atoms with van der Waals surface area (Å²) in [4.78, 5) is 22.3. The summed E-state index contributed by atoms with van der Waals surface area (Å²) in [6, 6.07) is 4.11. The normalized spacial score (nSPS) is 12.9. The van der Waals surface area contributed by atoms with Crippen LogP contribution in [-0.2, 0) is 4.79 Å². The maximum Gasteiger partial charge on any atom is 0.326 e. The second-order valence-electron chi connectivity index (χ2n) is 3.36. The first kappa shape index (κ1) is 11.2. The van der Waals surface area contributed by atoms with Crippen molar-refractivity contribution in [3.63, 3.8) is 0 Å². The molecule has 16 heavy (non-hydrogen) atoms. The molecule has 1 heterocycles. The topological polar surface area (TPSA) is 59.3 Å². The highest BCUT2D eigenvalue weighted by Gasteiger charge is 2.19. The molecule has 0 amide bonds. The van der Waals surface area contributed by atoms with Crippen LogP contribution in [-0.4, -0.2) is 15.6 Å². The van der Waals surface area contributed by atoms with E-state index in [1.54, 1.807) is 18.2 Å². The molecule has 0 aliphatic heterocycles. The molecule has 1 unspecified atom stereocenters. The fourth-order valence-corrected chi connectivity index (χ4v) is 2.59. The fourth-order valence-electron chi connectivity index (χ4n) is 1.48. The molecule has 0 aliphatic carbocycles. The van der Waals surface area contributed by atoms with Crippen LogP contribution in [0.5, 0.6) is 0 Å². The number of hydrogen-bond acceptors (Lipinski definition) is 3. The maximum atomic E-state index is 11.7. The lowest BCUT2D eigenvalue weighted by molar-refractivity contribution is -0.140. The minimum absolute atomic E-state index is 0.285. The smallest absolute Gasteiger partial charge is 0.326 e. The first-order valence-electron chi connectivity index (χ1n) is 4.54. The number of rotatable bonds is 2. The van der Waals surface area contributed by atoms with E-state index in [1.165, 1.54) is 11.5 Å². The highest BCUT2D eigenvalue weighted by Crippen LogP contribution is 2.24. The Balaban J connectivity index is 2.77. The minimum Gasteiger partial charge on any atom is -0.480 e. The van der Waals surface area contributed by atoms with Gasteiger partial charge in [0.15, 0.2) is 0 Å². The molecule has 2 aromatic rings. The number of fused-ring (bicyclic) bond motifs is 1. The van der Waals surface area contributed by atoms with Crippen LogP contribution >= 0.6 is 22.9 Å². The molecule has 4 nitrogen and oxygen atoms in total. The molecule has 2 rings (SSSR count). The third-order valence-corrected chi connectivity index (χ3v) is 3.49. The van der Waals surface area contributed by atoms with E-state index in [2.05, 4.69) is 0 Å². The van der Waals surface area contributed by atoms with E-state index in [-0.39, 0.29) is 4.87 Å². The molecule has 1 aromatic carbocycles. The van der Waals surface area contributed by atoms with Crippen molar-refractivity contribution in [2.45, 2.75) is 13.0 Å². The van der Waals surface area contributed by atoms with Crippen LogP contribution in [0.25, 0.3) is 10.2 Å². The van der Waals surface area contributed by atoms with E-state index in [4.69, 9.17) is 16.7 Å². The first-order valence-corrected chi connectivity index (χ1v) is 5.73. The highest BCUT2D eigenvalue weighted by atomic mass is 35.5. The van der Waals surface area contributed by atoms with Gasteiger partial charge in [0, 0.05) is 5.02 Å². The molecule has 84 valence electrons. The predicted molar refractivity (Wildman–Crippen MR) is 63.4 cm³/mol.